The standard InChI is InChI=1S/C13H20S/c1-11(2)10-13-7-5-12(6-8-13)4-3-9-14/h5-8,11,14H,3-4,9-10H2,1-2H3. The zero-order valence-electron chi connectivity index (χ0n) is 9.16. The second-order valence-electron chi connectivity index (χ2n) is 4.24. The van der Waals surface area contributed by atoms with Gasteiger partial charge in [0.2, 0.25) is 0 Å². The molecule has 0 fully saturated rings. The summed E-state index contributed by atoms with van der Waals surface area (Å²) in [6, 6.07) is 9.02. The lowest BCUT2D eigenvalue weighted by molar-refractivity contribution is 0.647. The van der Waals surface area contributed by atoms with E-state index in [-0.39, 0.29) is 0 Å². The van der Waals surface area contributed by atoms with Crippen LogP contribution in [0.15, 0.2) is 24.3 Å². The molecule has 0 aliphatic heterocycles. The maximum atomic E-state index is 4.22. The van der Waals surface area contributed by atoms with Crippen LogP contribution < -0.4 is 0 Å². The van der Waals surface area contributed by atoms with Gasteiger partial charge in [-0.05, 0) is 42.1 Å². The van der Waals surface area contributed by atoms with Gasteiger partial charge in [0, 0.05) is 0 Å². The lowest BCUT2D eigenvalue weighted by Crippen LogP contribution is -1.94. The molecule has 1 aromatic carbocycles. The lowest BCUT2D eigenvalue weighted by atomic mass is 10.0. The molecule has 1 aromatic rings. The van der Waals surface area contributed by atoms with Crippen LogP contribution in [0.5, 0.6) is 0 Å². The minimum Gasteiger partial charge on any atom is -0.179 e. The van der Waals surface area contributed by atoms with Crippen LogP contribution in [0.4, 0.5) is 0 Å². The minimum absolute atomic E-state index is 0.748. The Bertz CT molecular complexity index is 248. The van der Waals surface area contributed by atoms with E-state index in [9.17, 15) is 0 Å². The molecule has 0 aliphatic carbocycles. The molecule has 78 valence electrons. The first-order valence-electron chi connectivity index (χ1n) is 5.41. The van der Waals surface area contributed by atoms with Gasteiger partial charge in [-0.25, -0.2) is 0 Å². The van der Waals surface area contributed by atoms with Crippen LogP contribution >= 0.6 is 12.6 Å². The Hall–Kier alpha value is -0.430. The minimum atomic E-state index is 0.748. The van der Waals surface area contributed by atoms with E-state index in [0.717, 1.165) is 18.1 Å². The SMILES string of the molecule is CC(C)Cc1ccc(CCCS)cc1. The summed E-state index contributed by atoms with van der Waals surface area (Å²) in [4.78, 5) is 0. The van der Waals surface area contributed by atoms with Crippen LogP contribution in [-0.2, 0) is 12.8 Å². The van der Waals surface area contributed by atoms with Crippen molar-refractivity contribution >= 4 is 12.6 Å². The summed E-state index contributed by atoms with van der Waals surface area (Å²) in [5, 5.41) is 0. The molecule has 0 spiro atoms. The van der Waals surface area contributed by atoms with Gasteiger partial charge >= 0.3 is 0 Å². The predicted octanol–water partition coefficient (Wildman–Crippen LogP) is 3.75. The highest BCUT2D eigenvalue weighted by Crippen LogP contribution is 2.11. The van der Waals surface area contributed by atoms with E-state index >= 15 is 0 Å². The van der Waals surface area contributed by atoms with Gasteiger partial charge in [0.1, 0.15) is 0 Å². The van der Waals surface area contributed by atoms with E-state index in [1.54, 1.807) is 0 Å². The van der Waals surface area contributed by atoms with Crippen LogP contribution in [-0.4, -0.2) is 5.75 Å². The van der Waals surface area contributed by atoms with Gasteiger partial charge in [-0.2, -0.15) is 12.6 Å². The first-order valence-corrected chi connectivity index (χ1v) is 6.04. The first kappa shape index (κ1) is 11.6. The molecule has 0 unspecified atom stereocenters. The molecule has 0 bridgehead atoms. The van der Waals surface area contributed by atoms with Crippen LogP contribution in [0, 0.1) is 5.92 Å². The number of rotatable bonds is 5. The number of benzene rings is 1. The van der Waals surface area contributed by atoms with E-state index in [2.05, 4.69) is 50.7 Å². The number of aryl methyl sites for hydroxylation is 1. The highest BCUT2D eigenvalue weighted by molar-refractivity contribution is 7.80. The van der Waals surface area contributed by atoms with Gasteiger partial charge in [-0.1, -0.05) is 38.1 Å². The molecule has 0 N–H and O–H groups in total. The third-order valence-corrected chi connectivity index (χ3v) is 2.61. The first-order chi connectivity index (χ1) is 6.72. The Morgan fingerprint density at radius 2 is 1.64 bits per heavy atom. The molecule has 0 amide bonds. The monoisotopic (exact) mass is 208 g/mol. The van der Waals surface area contributed by atoms with Gasteiger partial charge in [0.25, 0.3) is 0 Å². The average Bonchev–Trinajstić information content (AvgIpc) is 2.16. The van der Waals surface area contributed by atoms with Gasteiger partial charge < -0.3 is 0 Å². The van der Waals surface area contributed by atoms with E-state index in [0.29, 0.717) is 0 Å². The molecule has 0 nitrogen and oxygen atoms in total. The molecule has 0 atom stereocenters. The molecule has 1 heteroatoms. The average molecular weight is 208 g/mol. The molecular weight excluding hydrogens is 188 g/mol. The van der Waals surface area contributed by atoms with E-state index < -0.39 is 0 Å². The second kappa shape index (κ2) is 6.13. The van der Waals surface area contributed by atoms with Crippen molar-refractivity contribution in [2.24, 2.45) is 5.92 Å². The zero-order chi connectivity index (χ0) is 10.4. The molecule has 0 saturated heterocycles. The Labute approximate surface area is 93.1 Å². The van der Waals surface area contributed by atoms with Crippen LogP contribution in [0.25, 0.3) is 0 Å². The third kappa shape index (κ3) is 4.19. The smallest absolute Gasteiger partial charge is 0.00947 e. The number of hydrogen-bond acceptors (Lipinski definition) is 1. The van der Waals surface area contributed by atoms with Gasteiger partial charge in [0.05, 0.1) is 0 Å². The molecule has 0 aromatic heterocycles. The fourth-order valence-electron chi connectivity index (χ4n) is 1.60. The van der Waals surface area contributed by atoms with Gasteiger partial charge in [-0.3, -0.25) is 0 Å². The summed E-state index contributed by atoms with van der Waals surface area (Å²) in [5.41, 5.74) is 2.89. The summed E-state index contributed by atoms with van der Waals surface area (Å²) >= 11 is 4.22. The summed E-state index contributed by atoms with van der Waals surface area (Å²) in [6.07, 6.45) is 3.52. The van der Waals surface area contributed by atoms with Crippen LogP contribution in [0.3, 0.4) is 0 Å². The summed E-state index contributed by atoms with van der Waals surface area (Å²) < 4.78 is 0. The van der Waals surface area contributed by atoms with E-state index in [1.807, 2.05) is 0 Å². The summed E-state index contributed by atoms with van der Waals surface area (Å²) in [7, 11) is 0. The predicted molar refractivity (Wildman–Crippen MR) is 67.2 cm³/mol. The molecular formula is C13H20S. The van der Waals surface area contributed by atoms with Gasteiger partial charge in [0.15, 0.2) is 0 Å². The Morgan fingerprint density at radius 1 is 1.07 bits per heavy atom. The van der Waals surface area contributed by atoms with Crippen LogP contribution in [0.1, 0.15) is 31.4 Å². The van der Waals surface area contributed by atoms with Crippen LogP contribution in [0.2, 0.25) is 0 Å². The molecule has 0 aliphatic rings. The topological polar surface area (TPSA) is 0 Å². The van der Waals surface area contributed by atoms with Crippen molar-refractivity contribution in [3.8, 4) is 0 Å². The van der Waals surface area contributed by atoms with Crippen molar-refractivity contribution < 1.29 is 0 Å². The largest absolute Gasteiger partial charge is 0.179 e. The highest BCUT2D eigenvalue weighted by atomic mass is 32.1. The number of hydrogen-bond donors (Lipinski definition) is 1. The van der Waals surface area contributed by atoms with E-state index in [4.69, 9.17) is 0 Å². The fourth-order valence-corrected chi connectivity index (χ4v) is 1.75. The molecule has 14 heavy (non-hydrogen) atoms. The molecule has 0 heterocycles. The third-order valence-electron chi connectivity index (χ3n) is 2.29. The van der Waals surface area contributed by atoms with Crippen molar-refractivity contribution in [1.82, 2.24) is 0 Å². The Balaban J connectivity index is 2.50. The Kier molecular flexibility index (Phi) is 5.10. The van der Waals surface area contributed by atoms with Crippen molar-refractivity contribution in [3.05, 3.63) is 35.4 Å². The maximum absolute atomic E-state index is 4.22. The quantitative estimate of drug-likeness (QED) is 0.700. The fraction of sp³-hybridized carbons (Fsp3) is 0.538. The second-order valence-corrected chi connectivity index (χ2v) is 4.69. The molecule has 1 rings (SSSR count). The highest BCUT2D eigenvalue weighted by Gasteiger charge is 1.97. The lowest BCUT2D eigenvalue weighted by Gasteiger charge is -2.06. The van der Waals surface area contributed by atoms with Crippen molar-refractivity contribution in [2.75, 3.05) is 5.75 Å². The normalized spacial score (nSPS) is 10.9. The van der Waals surface area contributed by atoms with Gasteiger partial charge in [-0.15, -0.1) is 0 Å². The number of thiol groups is 1. The molecule has 0 saturated carbocycles. The van der Waals surface area contributed by atoms with Crippen molar-refractivity contribution in [2.45, 2.75) is 33.1 Å². The molecule has 0 radical (unpaired) electrons. The summed E-state index contributed by atoms with van der Waals surface area (Å²) in [5.74, 6) is 1.73. The van der Waals surface area contributed by atoms with E-state index in [1.165, 1.54) is 24.0 Å². The summed E-state index contributed by atoms with van der Waals surface area (Å²) in [6.45, 7) is 4.52. The van der Waals surface area contributed by atoms with Crippen molar-refractivity contribution in [1.29, 1.82) is 0 Å². The maximum Gasteiger partial charge on any atom is -0.00947 e. The Morgan fingerprint density at radius 3 is 2.14 bits per heavy atom. The van der Waals surface area contributed by atoms with Crippen molar-refractivity contribution in [3.63, 3.8) is 0 Å². The zero-order valence-corrected chi connectivity index (χ0v) is 10.1.